The van der Waals surface area contributed by atoms with Crippen molar-refractivity contribution < 1.29 is 28.6 Å². The summed E-state index contributed by atoms with van der Waals surface area (Å²) in [5.41, 5.74) is 0. The van der Waals surface area contributed by atoms with Crippen molar-refractivity contribution in [3.63, 3.8) is 0 Å². The standard InChI is InChI=1S/C65H120O6/c1-4-7-10-13-16-19-22-25-27-29-30-31-32-33-34-35-36-37-39-40-43-46-49-52-55-58-64(67)70-61-62(60-69-63(66)57-54-51-48-45-42-24-21-18-15-12-9-6-3)71-65(68)59-56-53-50-47-44-41-38-28-26-23-20-17-14-11-8-5-2/h20,23,28-30,38,62H,4-19,21-22,24-27,31-37,39-61H2,1-3H3/b23-20-,30-29-,38-28-. The first-order valence-corrected chi connectivity index (χ1v) is 31.5. The van der Waals surface area contributed by atoms with Gasteiger partial charge in [-0.2, -0.15) is 0 Å². The molecule has 0 aromatic carbocycles. The van der Waals surface area contributed by atoms with Crippen LogP contribution in [0, 0.1) is 0 Å². The van der Waals surface area contributed by atoms with E-state index in [9.17, 15) is 14.4 Å². The molecule has 6 nitrogen and oxygen atoms in total. The highest BCUT2D eigenvalue weighted by Gasteiger charge is 2.19. The second-order valence-corrected chi connectivity index (χ2v) is 21.3. The predicted octanol–water partition coefficient (Wildman–Crippen LogP) is 21.2. The summed E-state index contributed by atoms with van der Waals surface area (Å²) < 4.78 is 16.9. The molecule has 0 aromatic rings. The van der Waals surface area contributed by atoms with Crippen molar-refractivity contribution in [2.24, 2.45) is 0 Å². The first-order valence-electron chi connectivity index (χ1n) is 31.5. The van der Waals surface area contributed by atoms with E-state index in [1.165, 1.54) is 218 Å². The van der Waals surface area contributed by atoms with Gasteiger partial charge in [0.15, 0.2) is 6.10 Å². The fourth-order valence-electron chi connectivity index (χ4n) is 9.35. The number of rotatable bonds is 58. The highest BCUT2D eigenvalue weighted by molar-refractivity contribution is 5.71. The molecule has 0 aliphatic carbocycles. The predicted molar refractivity (Wildman–Crippen MR) is 307 cm³/mol. The monoisotopic (exact) mass is 997 g/mol. The van der Waals surface area contributed by atoms with Crippen molar-refractivity contribution in [3.05, 3.63) is 36.5 Å². The lowest BCUT2D eigenvalue weighted by molar-refractivity contribution is -0.167. The average molecular weight is 998 g/mol. The lowest BCUT2D eigenvalue weighted by Crippen LogP contribution is -2.30. The lowest BCUT2D eigenvalue weighted by atomic mass is 10.0. The SMILES string of the molecule is CCCCCC/C=C\C/C=C\CCCCCCCC(=O)OC(COC(=O)CCCCCCCCCCCCCC)COC(=O)CCCCCCCCCCCCCCC/C=C\CCCCCCCCCC. The minimum Gasteiger partial charge on any atom is -0.462 e. The van der Waals surface area contributed by atoms with Gasteiger partial charge in [-0.3, -0.25) is 14.4 Å². The second-order valence-electron chi connectivity index (χ2n) is 21.3. The topological polar surface area (TPSA) is 78.9 Å². The minimum absolute atomic E-state index is 0.0737. The van der Waals surface area contributed by atoms with Crippen LogP contribution in [0.3, 0.4) is 0 Å². The quantitative estimate of drug-likeness (QED) is 0.0261. The van der Waals surface area contributed by atoms with Crippen molar-refractivity contribution in [3.8, 4) is 0 Å². The van der Waals surface area contributed by atoms with Crippen LogP contribution in [-0.4, -0.2) is 37.2 Å². The number of unbranched alkanes of at least 4 members (excludes halogenated alkanes) is 41. The minimum atomic E-state index is -0.776. The Bertz CT molecular complexity index is 1190. The van der Waals surface area contributed by atoms with Gasteiger partial charge in [0.2, 0.25) is 0 Å². The molecule has 1 atom stereocenters. The molecule has 0 amide bonds. The number of hydrogen-bond acceptors (Lipinski definition) is 6. The smallest absolute Gasteiger partial charge is 0.306 e. The summed E-state index contributed by atoms with van der Waals surface area (Å²) in [7, 11) is 0. The Morgan fingerprint density at radius 3 is 0.803 bits per heavy atom. The van der Waals surface area contributed by atoms with Crippen LogP contribution in [0.4, 0.5) is 0 Å². The zero-order chi connectivity index (χ0) is 51.4. The van der Waals surface area contributed by atoms with E-state index in [2.05, 4.69) is 57.2 Å². The molecule has 0 bridgehead atoms. The Morgan fingerprint density at radius 1 is 0.282 bits per heavy atom. The molecule has 0 heterocycles. The van der Waals surface area contributed by atoms with Gasteiger partial charge in [-0.25, -0.2) is 0 Å². The molecule has 6 heteroatoms. The number of ether oxygens (including phenoxy) is 3. The number of hydrogen-bond donors (Lipinski definition) is 0. The normalized spacial score (nSPS) is 12.2. The fourth-order valence-corrected chi connectivity index (χ4v) is 9.35. The highest BCUT2D eigenvalue weighted by atomic mass is 16.6. The van der Waals surface area contributed by atoms with Crippen LogP contribution in [0.25, 0.3) is 0 Å². The molecule has 0 N–H and O–H groups in total. The number of carbonyl (C=O) groups excluding carboxylic acids is 3. The maximum absolute atomic E-state index is 12.9. The number of esters is 3. The molecule has 1 unspecified atom stereocenters. The number of allylic oxidation sites excluding steroid dienone is 6. The summed E-state index contributed by atoms with van der Waals surface area (Å²) in [5.74, 6) is -0.868. The summed E-state index contributed by atoms with van der Waals surface area (Å²) in [6.07, 6.45) is 72.9. The van der Waals surface area contributed by atoms with E-state index in [4.69, 9.17) is 14.2 Å². The molecule has 0 aromatic heterocycles. The van der Waals surface area contributed by atoms with Crippen molar-refractivity contribution in [1.29, 1.82) is 0 Å². The first kappa shape index (κ1) is 68.6. The summed E-state index contributed by atoms with van der Waals surface area (Å²) >= 11 is 0. The van der Waals surface area contributed by atoms with Crippen molar-refractivity contribution in [2.45, 2.75) is 348 Å². The molecular weight excluding hydrogens is 877 g/mol. The van der Waals surface area contributed by atoms with Gasteiger partial charge < -0.3 is 14.2 Å². The van der Waals surface area contributed by atoms with Crippen molar-refractivity contribution >= 4 is 17.9 Å². The van der Waals surface area contributed by atoms with E-state index in [0.29, 0.717) is 19.3 Å². The Hall–Kier alpha value is -2.37. The summed E-state index contributed by atoms with van der Waals surface area (Å²) in [5, 5.41) is 0. The molecule has 0 fully saturated rings. The Kier molecular flexibility index (Phi) is 58.2. The van der Waals surface area contributed by atoms with Crippen LogP contribution in [0.1, 0.15) is 342 Å². The van der Waals surface area contributed by atoms with Gasteiger partial charge >= 0.3 is 17.9 Å². The molecular formula is C65H120O6. The van der Waals surface area contributed by atoms with E-state index < -0.39 is 6.10 Å². The zero-order valence-electron chi connectivity index (χ0n) is 47.8. The molecule has 0 saturated carbocycles. The Balaban J connectivity index is 4.23. The molecule has 71 heavy (non-hydrogen) atoms. The molecule has 0 aliphatic rings. The molecule has 0 rings (SSSR count). The molecule has 416 valence electrons. The van der Waals surface area contributed by atoms with E-state index in [1.54, 1.807) is 0 Å². The van der Waals surface area contributed by atoms with Crippen LogP contribution in [0.5, 0.6) is 0 Å². The maximum atomic E-state index is 12.9. The van der Waals surface area contributed by atoms with Crippen LogP contribution >= 0.6 is 0 Å². The molecule has 0 spiro atoms. The number of carbonyl (C=O) groups is 3. The van der Waals surface area contributed by atoms with Gasteiger partial charge in [-0.1, -0.05) is 282 Å². The second kappa shape index (κ2) is 60.2. The van der Waals surface area contributed by atoms with Gasteiger partial charge in [0.1, 0.15) is 13.2 Å². The third kappa shape index (κ3) is 58.4. The van der Waals surface area contributed by atoms with E-state index in [-0.39, 0.29) is 31.1 Å². The van der Waals surface area contributed by atoms with Crippen LogP contribution in [0.2, 0.25) is 0 Å². The fraction of sp³-hybridized carbons (Fsp3) is 0.862. The van der Waals surface area contributed by atoms with Crippen LogP contribution in [0.15, 0.2) is 36.5 Å². The van der Waals surface area contributed by atoms with Gasteiger partial charge in [-0.05, 0) is 77.0 Å². The van der Waals surface area contributed by atoms with E-state index >= 15 is 0 Å². The summed E-state index contributed by atoms with van der Waals surface area (Å²) in [4.78, 5) is 38.2. The molecule has 0 radical (unpaired) electrons. The van der Waals surface area contributed by atoms with E-state index in [0.717, 1.165) is 83.5 Å². The molecule has 0 saturated heterocycles. The lowest BCUT2D eigenvalue weighted by Gasteiger charge is -2.18. The van der Waals surface area contributed by atoms with Crippen LogP contribution in [-0.2, 0) is 28.6 Å². The van der Waals surface area contributed by atoms with E-state index in [1.807, 2.05) is 0 Å². The summed E-state index contributed by atoms with van der Waals surface area (Å²) in [6, 6.07) is 0. The third-order valence-corrected chi connectivity index (χ3v) is 14.1. The summed E-state index contributed by atoms with van der Waals surface area (Å²) in [6.45, 7) is 6.66. The van der Waals surface area contributed by atoms with Gasteiger partial charge in [-0.15, -0.1) is 0 Å². The van der Waals surface area contributed by atoms with Crippen LogP contribution < -0.4 is 0 Å². The highest BCUT2D eigenvalue weighted by Crippen LogP contribution is 2.17. The molecule has 0 aliphatic heterocycles. The van der Waals surface area contributed by atoms with Gasteiger partial charge in [0.25, 0.3) is 0 Å². The van der Waals surface area contributed by atoms with Gasteiger partial charge in [0.05, 0.1) is 0 Å². The van der Waals surface area contributed by atoms with Crippen molar-refractivity contribution in [1.82, 2.24) is 0 Å². The van der Waals surface area contributed by atoms with Crippen molar-refractivity contribution in [2.75, 3.05) is 13.2 Å². The third-order valence-electron chi connectivity index (χ3n) is 14.1. The zero-order valence-corrected chi connectivity index (χ0v) is 47.8. The maximum Gasteiger partial charge on any atom is 0.306 e. The average Bonchev–Trinajstić information content (AvgIpc) is 3.37. The largest absolute Gasteiger partial charge is 0.462 e. The van der Waals surface area contributed by atoms with Gasteiger partial charge in [0, 0.05) is 19.3 Å². The first-order chi connectivity index (χ1) is 35.0. The Morgan fingerprint density at radius 2 is 0.507 bits per heavy atom. The Labute approximate surface area is 442 Å².